The number of hydrogen-bond acceptors (Lipinski definition) is 1. The number of aromatic nitrogens is 1. The Bertz CT molecular complexity index is 572. The van der Waals surface area contributed by atoms with Crippen molar-refractivity contribution in [2.24, 2.45) is 0 Å². The number of pyridine rings is 1. The Labute approximate surface area is 108 Å². The minimum atomic E-state index is 0.00547. The summed E-state index contributed by atoms with van der Waals surface area (Å²) in [7, 11) is 0. The van der Waals surface area contributed by atoms with Crippen molar-refractivity contribution in [3.8, 4) is 0 Å². The molecule has 0 spiro atoms. The van der Waals surface area contributed by atoms with E-state index in [2.05, 4.69) is 15.9 Å². The van der Waals surface area contributed by atoms with Gasteiger partial charge in [-0.2, -0.15) is 0 Å². The smallest absolute Gasteiger partial charge is 0.250 e. The molecular formula is C14H12BrNO. The molecule has 2 aromatic rings. The van der Waals surface area contributed by atoms with E-state index in [1.165, 1.54) is 0 Å². The predicted molar refractivity (Wildman–Crippen MR) is 73.9 cm³/mol. The first-order valence-corrected chi connectivity index (χ1v) is 6.12. The third-order valence-electron chi connectivity index (χ3n) is 2.36. The third kappa shape index (κ3) is 3.43. The van der Waals surface area contributed by atoms with E-state index in [-0.39, 0.29) is 5.56 Å². The summed E-state index contributed by atoms with van der Waals surface area (Å²) >= 11 is 3.35. The zero-order valence-corrected chi connectivity index (χ0v) is 10.8. The summed E-state index contributed by atoms with van der Waals surface area (Å²) in [5.74, 6) is 0. The van der Waals surface area contributed by atoms with E-state index in [0.717, 1.165) is 10.0 Å². The fourth-order valence-electron chi connectivity index (χ4n) is 1.51. The van der Waals surface area contributed by atoms with Crippen molar-refractivity contribution in [2.75, 3.05) is 0 Å². The molecule has 1 heterocycles. The average molecular weight is 290 g/mol. The van der Waals surface area contributed by atoms with Crippen molar-refractivity contribution in [3.63, 3.8) is 0 Å². The lowest BCUT2D eigenvalue weighted by molar-refractivity contribution is 0.777. The predicted octanol–water partition coefficient (Wildman–Crippen LogP) is 3.32. The maximum atomic E-state index is 11.5. The molecule has 0 radical (unpaired) electrons. The number of halogens is 1. The molecule has 1 aromatic carbocycles. The van der Waals surface area contributed by atoms with Crippen molar-refractivity contribution in [1.29, 1.82) is 0 Å². The lowest BCUT2D eigenvalue weighted by atomic mass is 10.2. The van der Waals surface area contributed by atoms with Crippen LogP contribution in [0.4, 0.5) is 0 Å². The summed E-state index contributed by atoms with van der Waals surface area (Å²) < 4.78 is 2.56. The summed E-state index contributed by atoms with van der Waals surface area (Å²) in [5.41, 5.74) is 1.14. The van der Waals surface area contributed by atoms with Gasteiger partial charge in [-0.15, -0.1) is 0 Å². The normalized spacial score (nSPS) is 10.9. The molecule has 0 aliphatic heterocycles. The summed E-state index contributed by atoms with van der Waals surface area (Å²) in [6, 6.07) is 13.3. The van der Waals surface area contributed by atoms with Crippen molar-refractivity contribution in [2.45, 2.75) is 6.54 Å². The zero-order chi connectivity index (χ0) is 12.1. The van der Waals surface area contributed by atoms with Crippen LogP contribution in [0.25, 0.3) is 6.08 Å². The largest absolute Gasteiger partial charge is 0.311 e. The van der Waals surface area contributed by atoms with Gasteiger partial charge in [0, 0.05) is 23.3 Å². The highest BCUT2D eigenvalue weighted by atomic mass is 79.9. The molecule has 0 fully saturated rings. The van der Waals surface area contributed by atoms with Gasteiger partial charge in [0.25, 0.3) is 5.56 Å². The molecule has 0 amide bonds. The Balaban J connectivity index is 2.10. The molecule has 1 aromatic heterocycles. The van der Waals surface area contributed by atoms with Gasteiger partial charge in [-0.05, 0) is 27.6 Å². The van der Waals surface area contributed by atoms with Gasteiger partial charge in [0.2, 0.25) is 0 Å². The van der Waals surface area contributed by atoms with Crippen LogP contribution in [-0.2, 0) is 6.54 Å². The topological polar surface area (TPSA) is 22.0 Å². The Morgan fingerprint density at radius 1 is 1.12 bits per heavy atom. The van der Waals surface area contributed by atoms with Crippen LogP contribution in [0, 0.1) is 0 Å². The van der Waals surface area contributed by atoms with E-state index in [1.54, 1.807) is 22.9 Å². The third-order valence-corrected chi connectivity index (χ3v) is 2.83. The van der Waals surface area contributed by atoms with Crippen molar-refractivity contribution >= 4 is 22.0 Å². The number of rotatable bonds is 3. The van der Waals surface area contributed by atoms with Crippen LogP contribution in [0.15, 0.2) is 64.0 Å². The highest BCUT2D eigenvalue weighted by molar-refractivity contribution is 9.10. The number of benzene rings is 1. The minimum absolute atomic E-state index is 0.00547. The van der Waals surface area contributed by atoms with Crippen LogP contribution in [0.1, 0.15) is 5.56 Å². The first-order valence-electron chi connectivity index (χ1n) is 5.33. The Kier molecular flexibility index (Phi) is 3.94. The zero-order valence-electron chi connectivity index (χ0n) is 9.21. The van der Waals surface area contributed by atoms with Gasteiger partial charge in [0.1, 0.15) is 0 Å². The van der Waals surface area contributed by atoms with Gasteiger partial charge in [-0.3, -0.25) is 4.79 Å². The second kappa shape index (κ2) is 5.64. The van der Waals surface area contributed by atoms with E-state index >= 15 is 0 Å². The molecule has 0 N–H and O–H groups in total. The van der Waals surface area contributed by atoms with Gasteiger partial charge >= 0.3 is 0 Å². The SMILES string of the molecule is O=c1ccc(Br)cn1CC=Cc1ccccc1. The molecule has 0 atom stereocenters. The van der Waals surface area contributed by atoms with Crippen LogP contribution in [0.5, 0.6) is 0 Å². The summed E-state index contributed by atoms with van der Waals surface area (Å²) in [4.78, 5) is 11.5. The van der Waals surface area contributed by atoms with Crippen molar-refractivity contribution in [1.82, 2.24) is 4.57 Å². The fourth-order valence-corrected chi connectivity index (χ4v) is 1.89. The molecule has 0 aliphatic carbocycles. The first-order chi connectivity index (χ1) is 8.25. The van der Waals surface area contributed by atoms with Crippen LogP contribution in [-0.4, -0.2) is 4.57 Å². The van der Waals surface area contributed by atoms with Gasteiger partial charge < -0.3 is 4.57 Å². The van der Waals surface area contributed by atoms with Gasteiger partial charge in [0.05, 0.1) is 0 Å². The number of allylic oxidation sites excluding steroid dienone is 1. The Morgan fingerprint density at radius 2 is 1.88 bits per heavy atom. The Morgan fingerprint density at radius 3 is 2.65 bits per heavy atom. The second-order valence-corrected chi connectivity index (χ2v) is 4.57. The highest BCUT2D eigenvalue weighted by Crippen LogP contribution is 2.05. The highest BCUT2D eigenvalue weighted by Gasteiger charge is 1.93. The number of hydrogen-bond donors (Lipinski definition) is 0. The maximum absolute atomic E-state index is 11.5. The van der Waals surface area contributed by atoms with Crippen LogP contribution < -0.4 is 5.56 Å². The molecule has 2 rings (SSSR count). The molecule has 17 heavy (non-hydrogen) atoms. The van der Waals surface area contributed by atoms with E-state index in [1.807, 2.05) is 42.5 Å². The number of nitrogens with zero attached hydrogens (tertiary/aromatic N) is 1. The van der Waals surface area contributed by atoms with Crippen LogP contribution in [0.3, 0.4) is 0 Å². The standard InChI is InChI=1S/C14H12BrNO/c15-13-8-9-14(17)16(11-13)10-4-7-12-5-2-1-3-6-12/h1-9,11H,10H2. The molecule has 0 unspecified atom stereocenters. The monoisotopic (exact) mass is 289 g/mol. The quantitative estimate of drug-likeness (QED) is 0.850. The molecule has 3 heteroatoms. The van der Waals surface area contributed by atoms with Crippen LogP contribution in [0.2, 0.25) is 0 Å². The molecule has 0 aliphatic rings. The molecule has 2 nitrogen and oxygen atoms in total. The first kappa shape index (κ1) is 11.9. The van der Waals surface area contributed by atoms with Crippen molar-refractivity contribution in [3.05, 3.63) is 75.1 Å². The molecule has 0 bridgehead atoms. The lowest BCUT2D eigenvalue weighted by Gasteiger charge is -2.01. The molecular weight excluding hydrogens is 278 g/mol. The van der Waals surface area contributed by atoms with E-state index < -0.39 is 0 Å². The van der Waals surface area contributed by atoms with Gasteiger partial charge in [-0.25, -0.2) is 0 Å². The average Bonchev–Trinajstić information content (AvgIpc) is 2.35. The Hall–Kier alpha value is -1.61. The summed E-state index contributed by atoms with van der Waals surface area (Å²) in [6.45, 7) is 0.577. The summed E-state index contributed by atoms with van der Waals surface area (Å²) in [5, 5.41) is 0. The molecule has 86 valence electrons. The second-order valence-electron chi connectivity index (χ2n) is 3.65. The minimum Gasteiger partial charge on any atom is -0.311 e. The van der Waals surface area contributed by atoms with E-state index in [9.17, 15) is 4.79 Å². The van der Waals surface area contributed by atoms with Crippen molar-refractivity contribution < 1.29 is 0 Å². The van der Waals surface area contributed by atoms with E-state index in [0.29, 0.717) is 6.54 Å². The van der Waals surface area contributed by atoms with E-state index in [4.69, 9.17) is 0 Å². The van der Waals surface area contributed by atoms with Gasteiger partial charge in [0.15, 0.2) is 0 Å². The lowest BCUT2D eigenvalue weighted by Crippen LogP contribution is -2.17. The van der Waals surface area contributed by atoms with Crippen LogP contribution >= 0.6 is 15.9 Å². The molecule has 0 saturated heterocycles. The molecule has 0 saturated carbocycles. The summed E-state index contributed by atoms with van der Waals surface area (Å²) in [6.07, 6.45) is 5.77. The fraction of sp³-hybridized carbons (Fsp3) is 0.0714. The van der Waals surface area contributed by atoms with Gasteiger partial charge in [-0.1, -0.05) is 42.5 Å². The maximum Gasteiger partial charge on any atom is 0.250 e.